The molecular weight excluding hydrogens is 413 g/mol. The number of carbonyl (C=O) groups is 1. The molecule has 0 fully saturated rings. The Labute approximate surface area is 180 Å². The van der Waals surface area contributed by atoms with E-state index in [-0.39, 0.29) is 5.56 Å². The minimum absolute atomic E-state index is 0.236. The minimum Gasteiger partial charge on any atom is -0.387 e. The molecule has 0 aliphatic heterocycles. The van der Waals surface area contributed by atoms with Crippen LogP contribution >= 0.6 is 11.6 Å². The fourth-order valence-corrected chi connectivity index (χ4v) is 3.43. The van der Waals surface area contributed by atoms with Crippen LogP contribution in [0, 0.1) is 5.92 Å². The second kappa shape index (κ2) is 10.5. The van der Waals surface area contributed by atoms with Crippen LogP contribution < -0.4 is 10.6 Å². The van der Waals surface area contributed by atoms with E-state index in [4.69, 9.17) is 11.6 Å². The van der Waals surface area contributed by atoms with E-state index in [9.17, 15) is 18.0 Å². The number of amides is 1. The molecule has 1 atom stereocenters. The molecule has 1 amide bonds. The normalized spacial score (nSPS) is 12.5. The van der Waals surface area contributed by atoms with Gasteiger partial charge in [-0.25, -0.2) is 0 Å². The number of carbonyl (C=O) groups excluding carboxylic acids is 1. The standard InChI is InChI=1S/C23H26ClF3N2O/c1-4-16(5-2)14-28-15(3)21(17-10-7-6-8-11-17)29-22(30)18-12-9-13-19(20(18)24)23(25,26)27/h6-13,16,21,28H,3-5,14H2,1-2H3,(H,29,30). The third-order valence-corrected chi connectivity index (χ3v) is 5.49. The monoisotopic (exact) mass is 438 g/mol. The van der Waals surface area contributed by atoms with E-state index in [0.717, 1.165) is 24.5 Å². The Hall–Kier alpha value is -2.47. The topological polar surface area (TPSA) is 41.1 Å². The van der Waals surface area contributed by atoms with Crippen LogP contribution in [-0.4, -0.2) is 12.5 Å². The second-order valence-corrected chi connectivity index (χ2v) is 7.45. The van der Waals surface area contributed by atoms with Crippen molar-refractivity contribution in [1.29, 1.82) is 0 Å². The summed E-state index contributed by atoms with van der Waals surface area (Å²) in [6.45, 7) is 8.95. The molecule has 0 aromatic heterocycles. The lowest BCUT2D eigenvalue weighted by molar-refractivity contribution is -0.137. The van der Waals surface area contributed by atoms with E-state index in [1.165, 1.54) is 12.1 Å². The van der Waals surface area contributed by atoms with Gasteiger partial charge in [0.25, 0.3) is 5.91 Å². The Morgan fingerprint density at radius 2 is 1.70 bits per heavy atom. The van der Waals surface area contributed by atoms with Crippen LogP contribution in [0.3, 0.4) is 0 Å². The summed E-state index contributed by atoms with van der Waals surface area (Å²) in [5, 5.41) is 5.42. The molecule has 162 valence electrons. The number of hydrogen-bond donors (Lipinski definition) is 2. The van der Waals surface area contributed by atoms with Gasteiger partial charge in [0.1, 0.15) is 0 Å². The zero-order valence-corrected chi connectivity index (χ0v) is 17.8. The van der Waals surface area contributed by atoms with Crippen molar-refractivity contribution >= 4 is 17.5 Å². The molecule has 0 saturated heterocycles. The largest absolute Gasteiger partial charge is 0.417 e. The zero-order valence-electron chi connectivity index (χ0n) is 17.0. The van der Waals surface area contributed by atoms with Crippen molar-refractivity contribution in [3.05, 3.63) is 82.5 Å². The van der Waals surface area contributed by atoms with Crippen LogP contribution in [0.1, 0.15) is 54.2 Å². The maximum Gasteiger partial charge on any atom is 0.417 e. The first-order valence-corrected chi connectivity index (χ1v) is 10.2. The van der Waals surface area contributed by atoms with Crippen molar-refractivity contribution in [2.75, 3.05) is 6.54 Å². The molecular formula is C23H26ClF3N2O. The van der Waals surface area contributed by atoms with Gasteiger partial charge in [0.15, 0.2) is 0 Å². The highest BCUT2D eigenvalue weighted by Gasteiger charge is 2.35. The van der Waals surface area contributed by atoms with Crippen molar-refractivity contribution in [2.45, 2.75) is 38.9 Å². The predicted octanol–water partition coefficient (Wildman–Crippen LogP) is 6.37. The van der Waals surface area contributed by atoms with Gasteiger partial charge in [-0.15, -0.1) is 0 Å². The lowest BCUT2D eigenvalue weighted by Gasteiger charge is -2.25. The predicted molar refractivity (Wildman–Crippen MR) is 114 cm³/mol. The fraction of sp³-hybridized carbons (Fsp3) is 0.348. The van der Waals surface area contributed by atoms with Crippen molar-refractivity contribution in [1.82, 2.24) is 10.6 Å². The molecule has 0 heterocycles. The molecule has 0 bridgehead atoms. The summed E-state index contributed by atoms with van der Waals surface area (Å²) in [5.74, 6) is -0.253. The summed E-state index contributed by atoms with van der Waals surface area (Å²) < 4.78 is 39.5. The highest BCUT2D eigenvalue weighted by molar-refractivity contribution is 6.34. The highest BCUT2D eigenvalue weighted by atomic mass is 35.5. The van der Waals surface area contributed by atoms with Gasteiger partial charge >= 0.3 is 6.18 Å². The summed E-state index contributed by atoms with van der Waals surface area (Å²) in [6, 6.07) is 11.8. The average molecular weight is 439 g/mol. The van der Waals surface area contributed by atoms with Gasteiger partial charge < -0.3 is 10.6 Å². The molecule has 2 N–H and O–H groups in total. The third kappa shape index (κ3) is 6.02. The first kappa shape index (κ1) is 23.8. The van der Waals surface area contributed by atoms with Crippen molar-refractivity contribution in [3.63, 3.8) is 0 Å². The molecule has 0 radical (unpaired) electrons. The highest BCUT2D eigenvalue weighted by Crippen LogP contribution is 2.36. The van der Waals surface area contributed by atoms with Crippen LogP contribution in [0.25, 0.3) is 0 Å². The number of rotatable bonds is 9. The van der Waals surface area contributed by atoms with E-state index >= 15 is 0 Å². The van der Waals surface area contributed by atoms with Crippen LogP contribution in [0.2, 0.25) is 5.02 Å². The van der Waals surface area contributed by atoms with E-state index in [1.54, 1.807) is 0 Å². The average Bonchev–Trinajstić information content (AvgIpc) is 2.72. The van der Waals surface area contributed by atoms with E-state index in [1.807, 2.05) is 30.3 Å². The Kier molecular flexibility index (Phi) is 8.35. The van der Waals surface area contributed by atoms with Crippen molar-refractivity contribution in [3.8, 4) is 0 Å². The first-order valence-electron chi connectivity index (χ1n) is 9.83. The molecule has 2 rings (SSSR count). The minimum atomic E-state index is -4.65. The number of hydrogen-bond acceptors (Lipinski definition) is 2. The summed E-state index contributed by atoms with van der Waals surface area (Å²) in [6.07, 6.45) is -2.65. The van der Waals surface area contributed by atoms with Crippen LogP contribution in [-0.2, 0) is 6.18 Å². The molecule has 0 aliphatic carbocycles. The van der Waals surface area contributed by atoms with Gasteiger partial charge in [-0.05, 0) is 23.6 Å². The Balaban J connectivity index is 2.29. The smallest absolute Gasteiger partial charge is 0.387 e. The van der Waals surface area contributed by atoms with Crippen LogP contribution in [0.5, 0.6) is 0 Å². The van der Waals surface area contributed by atoms with Crippen LogP contribution in [0.4, 0.5) is 13.2 Å². The molecule has 2 aromatic carbocycles. The zero-order chi connectivity index (χ0) is 22.3. The van der Waals surface area contributed by atoms with E-state index < -0.39 is 28.7 Å². The van der Waals surface area contributed by atoms with Gasteiger partial charge in [-0.1, -0.05) is 81.3 Å². The summed E-state index contributed by atoms with van der Waals surface area (Å²) >= 11 is 5.92. The van der Waals surface area contributed by atoms with Crippen LogP contribution in [0.15, 0.2) is 60.8 Å². The number of halogens is 4. The second-order valence-electron chi connectivity index (χ2n) is 7.07. The van der Waals surface area contributed by atoms with Gasteiger partial charge in [-0.2, -0.15) is 13.2 Å². The van der Waals surface area contributed by atoms with E-state index in [0.29, 0.717) is 18.2 Å². The summed E-state index contributed by atoms with van der Waals surface area (Å²) in [5.41, 5.74) is 0.0412. The molecule has 0 spiro atoms. The quantitative estimate of drug-likeness (QED) is 0.477. The van der Waals surface area contributed by atoms with Gasteiger partial charge in [0.2, 0.25) is 0 Å². The SMILES string of the molecule is C=C(NCC(CC)CC)C(NC(=O)c1cccc(C(F)(F)F)c1Cl)c1ccccc1. The van der Waals surface area contributed by atoms with Crippen molar-refractivity contribution < 1.29 is 18.0 Å². The number of nitrogens with one attached hydrogen (secondary N) is 2. The molecule has 0 saturated carbocycles. The molecule has 3 nitrogen and oxygen atoms in total. The Morgan fingerprint density at radius 3 is 2.27 bits per heavy atom. The molecule has 2 aromatic rings. The lowest BCUT2D eigenvalue weighted by Crippen LogP contribution is -2.35. The van der Waals surface area contributed by atoms with Crippen molar-refractivity contribution in [2.24, 2.45) is 5.92 Å². The van der Waals surface area contributed by atoms with E-state index in [2.05, 4.69) is 31.1 Å². The maximum absolute atomic E-state index is 13.2. The third-order valence-electron chi connectivity index (χ3n) is 5.08. The van der Waals surface area contributed by atoms with Gasteiger partial charge in [0, 0.05) is 12.2 Å². The Bertz CT molecular complexity index is 864. The summed E-state index contributed by atoms with van der Waals surface area (Å²) in [7, 11) is 0. The number of benzene rings is 2. The maximum atomic E-state index is 13.2. The number of alkyl halides is 3. The molecule has 7 heteroatoms. The molecule has 0 aliphatic rings. The lowest BCUT2D eigenvalue weighted by atomic mass is 10.0. The van der Waals surface area contributed by atoms with Gasteiger partial charge in [0.05, 0.1) is 22.2 Å². The molecule has 30 heavy (non-hydrogen) atoms. The Morgan fingerprint density at radius 1 is 1.07 bits per heavy atom. The molecule has 1 unspecified atom stereocenters. The first-order chi connectivity index (χ1) is 14.2. The summed E-state index contributed by atoms with van der Waals surface area (Å²) in [4.78, 5) is 12.9. The fourth-order valence-electron chi connectivity index (χ4n) is 3.11. The van der Waals surface area contributed by atoms with Gasteiger partial charge in [-0.3, -0.25) is 4.79 Å².